The number of fused-ring (bicyclic) bond motifs is 1. The van der Waals surface area contributed by atoms with Crippen molar-refractivity contribution in [1.82, 2.24) is 24.4 Å². The SMILES string of the molecule is COc1ccc(Cn2c(CN3CCC[C@H](C(=O)N4CCN(N)CC4)C3)nc3ccccc32)cc1. The summed E-state index contributed by atoms with van der Waals surface area (Å²) in [6.07, 6.45) is 1.99. The van der Waals surface area contributed by atoms with Crippen LogP contribution in [0.4, 0.5) is 0 Å². The minimum atomic E-state index is 0.0532. The lowest BCUT2D eigenvalue weighted by Gasteiger charge is -2.37. The Kier molecular flexibility index (Phi) is 6.80. The molecule has 1 amide bonds. The standard InChI is InChI=1S/C26H34N6O2/c1-34-22-10-8-20(9-11-22)17-32-24-7-3-2-6-23(24)28-25(32)19-29-12-4-5-21(18-29)26(33)30-13-15-31(27)16-14-30/h2-3,6-11,21H,4-5,12-19,27H2,1H3/t21-/m0/s1. The molecule has 0 saturated carbocycles. The van der Waals surface area contributed by atoms with Crippen molar-refractivity contribution >= 4 is 16.9 Å². The van der Waals surface area contributed by atoms with Gasteiger partial charge in [-0.2, -0.15) is 0 Å². The lowest BCUT2D eigenvalue weighted by atomic mass is 9.96. The number of nitrogens with two attached hydrogens (primary N) is 1. The van der Waals surface area contributed by atoms with Crippen molar-refractivity contribution < 1.29 is 9.53 Å². The number of benzene rings is 2. The molecule has 3 aromatic rings. The Hall–Kier alpha value is -2.94. The summed E-state index contributed by atoms with van der Waals surface area (Å²) in [5.41, 5.74) is 3.35. The van der Waals surface area contributed by atoms with Crippen LogP contribution in [0.3, 0.4) is 0 Å². The Morgan fingerprint density at radius 3 is 2.56 bits per heavy atom. The minimum Gasteiger partial charge on any atom is -0.497 e. The van der Waals surface area contributed by atoms with E-state index >= 15 is 0 Å². The Morgan fingerprint density at radius 2 is 1.79 bits per heavy atom. The summed E-state index contributed by atoms with van der Waals surface area (Å²) in [6, 6.07) is 16.5. The molecule has 8 heteroatoms. The van der Waals surface area contributed by atoms with Crippen molar-refractivity contribution in [2.75, 3.05) is 46.4 Å². The number of likely N-dealkylation sites (tertiary alicyclic amines) is 1. The molecule has 0 unspecified atom stereocenters. The number of carbonyl (C=O) groups is 1. The first-order chi connectivity index (χ1) is 16.6. The molecule has 1 aromatic heterocycles. The summed E-state index contributed by atoms with van der Waals surface area (Å²) in [5.74, 6) is 8.11. The molecule has 0 bridgehead atoms. The summed E-state index contributed by atoms with van der Waals surface area (Å²) in [5, 5.41) is 1.80. The first-order valence-electron chi connectivity index (χ1n) is 12.2. The summed E-state index contributed by atoms with van der Waals surface area (Å²) in [6.45, 7) is 6.21. The normalized spacial score (nSPS) is 20.1. The lowest BCUT2D eigenvalue weighted by molar-refractivity contribution is -0.139. The number of rotatable bonds is 6. The fourth-order valence-corrected chi connectivity index (χ4v) is 5.14. The number of carbonyl (C=O) groups excluding carboxylic acids is 1. The zero-order valence-corrected chi connectivity index (χ0v) is 19.9. The van der Waals surface area contributed by atoms with Gasteiger partial charge in [0.05, 0.1) is 30.6 Å². The molecule has 8 nitrogen and oxygen atoms in total. The minimum absolute atomic E-state index is 0.0532. The molecule has 5 rings (SSSR count). The number of hydrogen-bond donors (Lipinski definition) is 1. The highest BCUT2D eigenvalue weighted by Gasteiger charge is 2.31. The largest absolute Gasteiger partial charge is 0.497 e. The van der Waals surface area contributed by atoms with Crippen LogP contribution in [0.5, 0.6) is 5.75 Å². The van der Waals surface area contributed by atoms with Crippen molar-refractivity contribution in [3.63, 3.8) is 0 Å². The highest BCUT2D eigenvalue weighted by molar-refractivity contribution is 5.79. The van der Waals surface area contributed by atoms with Gasteiger partial charge in [0.2, 0.25) is 5.91 Å². The Morgan fingerprint density at radius 1 is 1.03 bits per heavy atom. The highest BCUT2D eigenvalue weighted by atomic mass is 16.5. The Balaban J connectivity index is 1.32. The number of methoxy groups -OCH3 is 1. The molecule has 2 fully saturated rings. The number of hydrogen-bond acceptors (Lipinski definition) is 6. The molecule has 2 aliphatic heterocycles. The zero-order chi connectivity index (χ0) is 23.5. The molecule has 3 heterocycles. The predicted octanol–water partition coefficient (Wildman–Crippen LogP) is 2.32. The van der Waals surface area contributed by atoms with Gasteiger partial charge in [-0.3, -0.25) is 15.5 Å². The van der Waals surface area contributed by atoms with E-state index in [1.165, 1.54) is 5.56 Å². The smallest absolute Gasteiger partial charge is 0.227 e. The molecule has 2 aromatic carbocycles. The fraction of sp³-hybridized carbons (Fsp3) is 0.462. The molecule has 2 N–H and O–H groups in total. The van der Waals surface area contributed by atoms with Gasteiger partial charge in [0, 0.05) is 39.3 Å². The number of amides is 1. The van der Waals surface area contributed by atoms with Crippen LogP contribution in [-0.2, 0) is 17.9 Å². The summed E-state index contributed by atoms with van der Waals surface area (Å²) in [7, 11) is 1.69. The van der Waals surface area contributed by atoms with Crippen LogP contribution in [-0.4, -0.2) is 76.6 Å². The maximum absolute atomic E-state index is 13.2. The average Bonchev–Trinajstić information content (AvgIpc) is 3.21. The van der Waals surface area contributed by atoms with Crippen molar-refractivity contribution in [1.29, 1.82) is 0 Å². The van der Waals surface area contributed by atoms with Crippen molar-refractivity contribution in [2.24, 2.45) is 11.8 Å². The second-order valence-corrected chi connectivity index (χ2v) is 9.39. The van der Waals surface area contributed by atoms with Crippen LogP contribution in [0.25, 0.3) is 11.0 Å². The second kappa shape index (κ2) is 10.1. The van der Waals surface area contributed by atoms with Gasteiger partial charge in [0.25, 0.3) is 0 Å². The molecule has 180 valence electrons. The summed E-state index contributed by atoms with van der Waals surface area (Å²) < 4.78 is 7.62. The van der Waals surface area contributed by atoms with Gasteiger partial charge in [-0.1, -0.05) is 24.3 Å². The van der Waals surface area contributed by atoms with E-state index in [4.69, 9.17) is 15.6 Å². The van der Waals surface area contributed by atoms with E-state index in [-0.39, 0.29) is 11.8 Å². The molecular weight excluding hydrogens is 428 g/mol. The molecule has 0 aliphatic carbocycles. The van der Waals surface area contributed by atoms with Crippen LogP contribution in [0, 0.1) is 5.92 Å². The third-order valence-corrected chi connectivity index (χ3v) is 7.08. The number of imidazole rings is 1. The molecule has 34 heavy (non-hydrogen) atoms. The molecular formula is C26H34N6O2. The van der Waals surface area contributed by atoms with E-state index in [1.807, 2.05) is 23.1 Å². The van der Waals surface area contributed by atoms with Gasteiger partial charge in [0.15, 0.2) is 0 Å². The van der Waals surface area contributed by atoms with Crippen LogP contribution >= 0.6 is 0 Å². The van der Waals surface area contributed by atoms with Crippen LogP contribution in [0.1, 0.15) is 24.2 Å². The van der Waals surface area contributed by atoms with E-state index in [2.05, 4.69) is 39.8 Å². The van der Waals surface area contributed by atoms with E-state index in [0.717, 1.165) is 87.8 Å². The number of ether oxygens (including phenoxy) is 1. The Bertz CT molecular complexity index is 1120. The first kappa shape index (κ1) is 22.8. The second-order valence-electron chi connectivity index (χ2n) is 9.39. The highest BCUT2D eigenvalue weighted by Crippen LogP contribution is 2.24. The average molecular weight is 463 g/mol. The van der Waals surface area contributed by atoms with Gasteiger partial charge >= 0.3 is 0 Å². The number of piperazine rings is 1. The Labute approximate surface area is 200 Å². The lowest BCUT2D eigenvalue weighted by Crippen LogP contribution is -2.54. The van der Waals surface area contributed by atoms with E-state index in [0.29, 0.717) is 0 Å². The van der Waals surface area contributed by atoms with Crippen molar-refractivity contribution in [3.05, 3.63) is 59.9 Å². The van der Waals surface area contributed by atoms with E-state index in [9.17, 15) is 4.79 Å². The van der Waals surface area contributed by atoms with Gasteiger partial charge in [-0.15, -0.1) is 0 Å². The number of aromatic nitrogens is 2. The summed E-state index contributed by atoms with van der Waals surface area (Å²) in [4.78, 5) is 22.6. The molecule has 0 radical (unpaired) electrons. The number of piperidine rings is 1. The number of hydrazine groups is 1. The van der Waals surface area contributed by atoms with Crippen LogP contribution in [0.15, 0.2) is 48.5 Å². The van der Waals surface area contributed by atoms with E-state index in [1.54, 1.807) is 12.1 Å². The van der Waals surface area contributed by atoms with Gasteiger partial charge in [0.1, 0.15) is 11.6 Å². The summed E-state index contributed by atoms with van der Waals surface area (Å²) >= 11 is 0. The van der Waals surface area contributed by atoms with Gasteiger partial charge in [-0.05, 0) is 49.2 Å². The topological polar surface area (TPSA) is 79.9 Å². The maximum atomic E-state index is 13.2. The fourth-order valence-electron chi connectivity index (χ4n) is 5.14. The molecule has 2 saturated heterocycles. The molecule has 1 atom stereocenters. The maximum Gasteiger partial charge on any atom is 0.227 e. The quantitative estimate of drug-likeness (QED) is 0.567. The molecule has 2 aliphatic rings. The third kappa shape index (κ3) is 4.94. The number of nitrogens with zero attached hydrogens (tertiary/aromatic N) is 5. The monoisotopic (exact) mass is 462 g/mol. The van der Waals surface area contributed by atoms with Crippen LogP contribution < -0.4 is 10.6 Å². The van der Waals surface area contributed by atoms with Crippen molar-refractivity contribution in [3.8, 4) is 5.75 Å². The molecule has 0 spiro atoms. The van der Waals surface area contributed by atoms with Gasteiger partial charge in [-0.25, -0.2) is 9.99 Å². The zero-order valence-electron chi connectivity index (χ0n) is 19.9. The van der Waals surface area contributed by atoms with Crippen molar-refractivity contribution in [2.45, 2.75) is 25.9 Å². The number of para-hydroxylation sites is 2. The van der Waals surface area contributed by atoms with Gasteiger partial charge < -0.3 is 14.2 Å². The third-order valence-electron chi connectivity index (χ3n) is 7.08. The first-order valence-corrected chi connectivity index (χ1v) is 12.2. The van der Waals surface area contributed by atoms with Crippen LogP contribution in [0.2, 0.25) is 0 Å². The van der Waals surface area contributed by atoms with E-state index < -0.39 is 0 Å². The predicted molar refractivity (Wildman–Crippen MR) is 132 cm³/mol.